The summed E-state index contributed by atoms with van der Waals surface area (Å²) in [7, 11) is 0. The normalized spacial score (nSPS) is 11.3. The van der Waals surface area contributed by atoms with E-state index in [2.05, 4.69) is 30.2 Å². The van der Waals surface area contributed by atoms with Crippen LogP contribution in [0.3, 0.4) is 0 Å². The van der Waals surface area contributed by atoms with E-state index in [9.17, 15) is 9.18 Å². The van der Waals surface area contributed by atoms with Gasteiger partial charge in [0, 0.05) is 12.3 Å². The monoisotopic (exact) mass is 422 g/mol. The number of benzene rings is 2. The molecule has 0 spiro atoms. The minimum Gasteiger partial charge on any atom is -0.281 e. The van der Waals surface area contributed by atoms with Crippen LogP contribution < -0.4 is 5.56 Å². The second-order valence-electron chi connectivity index (χ2n) is 7.29. The quantitative estimate of drug-likeness (QED) is 0.334. The van der Waals surface area contributed by atoms with E-state index in [0.29, 0.717) is 35.0 Å². The Balaban J connectivity index is 1.80. The highest BCUT2D eigenvalue weighted by Crippen LogP contribution is 2.24. The molecular formula is C23H23FN4OS. The van der Waals surface area contributed by atoms with Gasteiger partial charge in [-0.05, 0) is 44.0 Å². The van der Waals surface area contributed by atoms with Gasteiger partial charge in [0.1, 0.15) is 11.3 Å². The van der Waals surface area contributed by atoms with Crippen molar-refractivity contribution in [1.29, 1.82) is 0 Å². The molecule has 2 aromatic carbocycles. The highest BCUT2D eigenvalue weighted by molar-refractivity contribution is 7.98. The molecule has 0 radical (unpaired) electrons. The Kier molecular flexibility index (Phi) is 5.72. The standard InChI is InChI=1S/C23H23FN4OS/c1-4-28-21-20(16(3)26-28)25-23(30-14-18-7-5-6-15(2)12-18)27(22(21)29)13-17-8-10-19(24)11-9-17/h5-12H,4,13-14H2,1-3H3. The molecule has 0 amide bonds. The summed E-state index contributed by atoms with van der Waals surface area (Å²) >= 11 is 1.53. The third-order valence-electron chi connectivity index (χ3n) is 4.99. The molecule has 0 aliphatic rings. The topological polar surface area (TPSA) is 52.7 Å². The molecule has 2 heterocycles. The zero-order valence-electron chi connectivity index (χ0n) is 17.2. The lowest BCUT2D eigenvalue weighted by molar-refractivity contribution is 0.620. The van der Waals surface area contributed by atoms with E-state index < -0.39 is 0 Å². The number of hydrogen-bond acceptors (Lipinski definition) is 4. The van der Waals surface area contributed by atoms with Gasteiger partial charge < -0.3 is 0 Å². The molecule has 4 rings (SSSR count). The lowest BCUT2D eigenvalue weighted by Crippen LogP contribution is -2.25. The minimum absolute atomic E-state index is 0.126. The fourth-order valence-corrected chi connectivity index (χ4v) is 4.42. The Bertz CT molecular complexity index is 1260. The molecule has 2 aromatic heterocycles. The van der Waals surface area contributed by atoms with Crippen molar-refractivity contribution in [2.24, 2.45) is 0 Å². The van der Waals surface area contributed by atoms with Crippen molar-refractivity contribution < 1.29 is 4.39 Å². The van der Waals surface area contributed by atoms with Crippen molar-refractivity contribution in [3.63, 3.8) is 0 Å². The first-order valence-corrected chi connectivity index (χ1v) is 10.9. The summed E-state index contributed by atoms with van der Waals surface area (Å²) < 4.78 is 16.7. The Hall–Kier alpha value is -2.93. The predicted molar refractivity (Wildman–Crippen MR) is 118 cm³/mol. The van der Waals surface area contributed by atoms with Gasteiger partial charge in [-0.3, -0.25) is 14.0 Å². The molecule has 7 heteroatoms. The molecule has 0 aliphatic carbocycles. The van der Waals surface area contributed by atoms with Crippen molar-refractivity contribution in [2.45, 2.75) is 44.8 Å². The number of nitrogens with zero attached hydrogens (tertiary/aromatic N) is 4. The van der Waals surface area contributed by atoms with Crippen LogP contribution in [0.2, 0.25) is 0 Å². The van der Waals surface area contributed by atoms with Crippen LogP contribution in [-0.2, 0) is 18.8 Å². The van der Waals surface area contributed by atoms with Crippen molar-refractivity contribution in [1.82, 2.24) is 19.3 Å². The van der Waals surface area contributed by atoms with Gasteiger partial charge in [-0.1, -0.05) is 53.7 Å². The smallest absolute Gasteiger partial charge is 0.280 e. The molecule has 0 atom stereocenters. The van der Waals surface area contributed by atoms with Crippen LogP contribution in [0, 0.1) is 19.7 Å². The molecule has 5 nitrogen and oxygen atoms in total. The van der Waals surface area contributed by atoms with Crippen LogP contribution >= 0.6 is 11.8 Å². The number of halogens is 1. The third kappa shape index (κ3) is 4.03. The van der Waals surface area contributed by atoms with Gasteiger partial charge in [-0.15, -0.1) is 0 Å². The first kappa shape index (κ1) is 20.3. The van der Waals surface area contributed by atoms with Crippen molar-refractivity contribution >= 4 is 22.8 Å². The molecule has 0 aliphatic heterocycles. The SMILES string of the molecule is CCn1nc(C)c2nc(SCc3cccc(C)c3)n(Cc3ccc(F)cc3)c(=O)c21. The third-order valence-corrected chi connectivity index (χ3v) is 6.03. The van der Waals surface area contributed by atoms with Gasteiger partial charge in [0.2, 0.25) is 0 Å². The fraction of sp³-hybridized carbons (Fsp3) is 0.261. The van der Waals surface area contributed by atoms with E-state index in [1.54, 1.807) is 21.4 Å². The van der Waals surface area contributed by atoms with Crippen LogP contribution in [0.5, 0.6) is 0 Å². The Morgan fingerprint density at radius 2 is 1.83 bits per heavy atom. The Morgan fingerprint density at radius 3 is 2.53 bits per heavy atom. The molecule has 154 valence electrons. The molecule has 4 aromatic rings. The molecular weight excluding hydrogens is 399 g/mol. The van der Waals surface area contributed by atoms with E-state index in [-0.39, 0.29) is 11.4 Å². The van der Waals surface area contributed by atoms with Gasteiger partial charge in [-0.25, -0.2) is 9.37 Å². The number of fused-ring (bicyclic) bond motifs is 1. The predicted octanol–water partition coefficient (Wildman–Crippen LogP) is 4.71. The zero-order chi connectivity index (χ0) is 21.3. The lowest BCUT2D eigenvalue weighted by atomic mass is 10.2. The largest absolute Gasteiger partial charge is 0.281 e. The molecule has 0 fully saturated rings. The van der Waals surface area contributed by atoms with E-state index in [1.807, 2.05) is 19.9 Å². The van der Waals surface area contributed by atoms with Crippen LogP contribution in [0.4, 0.5) is 4.39 Å². The van der Waals surface area contributed by atoms with Gasteiger partial charge in [-0.2, -0.15) is 5.10 Å². The summed E-state index contributed by atoms with van der Waals surface area (Å²) in [5.41, 5.74) is 4.98. The summed E-state index contributed by atoms with van der Waals surface area (Å²) in [6.45, 7) is 6.81. The van der Waals surface area contributed by atoms with Gasteiger partial charge in [0.25, 0.3) is 5.56 Å². The Morgan fingerprint density at radius 1 is 1.07 bits per heavy atom. The number of hydrogen-bond donors (Lipinski definition) is 0. The van der Waals surface area contributed by atoms with Crippen molar-refractivity contribution in [2.75, 3.05) is 0 Å². The van der Waals surface area contributed by atoms with Gasteiger partial charge >= 0.3 is 0 Å². The van der Waals surface area contributed by atoms with E-state index in [0.717, 1.165) is 11.3 Å². The second-order valence-corrected chi connectivity index (χ2v) is 8.23. The van der Waals surface area contributed by atoms with E-state index in [4.69, 9.17) is 4.98 Å². The lowest BCUT2D eigenvalue weighted by Gasteiger charge is -2.13. The number of thioether (sulfide) groups is 1. The maximum Gasteiger partial charge on any atom is 0.280 e. The summed E-state index contributed by atoms with van der Waals surface area (Å²) in [6.07, 6.45) is 0. The first-order chi connectivity index (χ1) is 14.5. The fourth-order valence-electron chi connectivity index (χ4n) is 3.49. The molecule has 0 unspecified atom stereocenters. The Labute approximate surface area is 178 Å². The maximum atomic E-state index is 13.5. The first-order valence-electron chi connectivity index (χ1n) is 9.87. The van der Waals surface area contributed by atoms with E-state index in [1.165, 1.54) is 35.0 Å². The summed E-state index contributed by atoms with van der Waals surface area (Å²) in [5.74, 6) is 0.401. The van der Waals surface area contributed by atoms with Crippen molar-refractivity contribution in [3.05, 3.63) is 87.1 Å². The van der Waals surface area contributed by atoms with Gasteiger partial charge in [0.15, 0.2) is 10.7 Å². The van der Waals surface area contributed by atoms with E-state index >= 15 is 0 Å². The summed E-state index contributed by atoms with van der Waals surface area (Å²) in [4.78, 5) is 18.3. The van der Waals surface area contributed by atoms with Crippen molar-refractivity contribution in [3.8, 4) is 0 Å². The number of aromatic nitrogens is 4. The van der Waals surface area contributed by atoms with Crippen LogP contribution in [0.1, 0.15) is 29.3 Å². The highest BCUT2D eigenvalue weighted by Gasteiger charge is 2.18. The molecule has 30 heavy (non-hydrogen) atoms. The molecule has 0 saturated heterocycles. The number of rotatable bonds is 6. The molecule has 0 N–H and O–H groups in total. The van der Waals surface area contributed by atoms with Gasteiger partial charge in [0.05, 0.1) is 12.2 Å². The zero-order valence-corrected chi connectivity index (χ0v) is 18.0. The highest BCUT2D eigenvalue weighted by atomic mass is 32.2. The average Bonchev–Trinajstić information content (AvgIpc) is 3.06. The average molecular weight is 423 g/mol. The number of aryl methyl sites for hydroxylation is 3. The molecule has 0 bridgehead atoms. The van der Waals surface area contributed by atoms with Crippen LogP contribution in [0.25, 0.3) is 11.0 Å². The maximum absolute atomic E-state index is 13.5. The molecule has 0 saturated carbocycles. The minimum atomic E-state index is -0.298. The summed E-state index contributed by atoms with van der Waals surface area (Å²) in [5, 5.41) is 5.12. The second kappa shape index (κ2) is 8.44. The summed E-state index contributed by atoms with van der Waals surface area (Å²) in [6, 6.07) is 14.5. The van der Waals surface area contributed by atoms with Crippen LogP contribution in [0.15, 0.2) is 58.5 Å². The van der Waals surface area contributed by atoms with Crippen LogP contribution in [-0.4, -0.2) is 19.3 Å².